The highest BCUT2D eigenvalue weighted by molar-refractivity contribution is 6.06. The maximum absolute atomic E-state index is 14.0. The monoisotopic (exact) mass is 533 g/mol. The van der Waals surface area contributed by atoms with Crippen molar-refractivity contribution >= 4 is 11.7 Å². The van der Waals surface area contributed by atoms with Gasteiger partial charge in [-0.1, -0.05) is 52.3 Å². The molecule has 0 spiro atoms. The van der Waals surface area contributed by atoms with Crippen LogP contribution in [-0.4, -0.2) is 46.0 Å². The average molecular weight is 534 g/mol. The number of allylic oxidation sites excluding steroid dienone is 7. The number of carbonyl (C=O) groups is 2. The number of aliphatic hydroxyl groups excluding tert-OH is 2. The van der Waals surface area contributed by atoms with Crippen LogP contribution in [0.4, 0.5) is 0 Å². The zero-order valence-corrected chi connectivity index (χ0v) is 24.8. The molecule has 5 aliphatic carbocycles. The highest BCUT2D eigenvalue weighted by Crippen LogP contribution is 2.75. The Morgan fingerprint density at radius 3 is 2.31 bits per heavy atom. The van der Waals surface area contributed by atoms with Gasteiger partial charge in [0.2, 0.25) is 11.7 Å². The minimum absolute atomic E-state index is 0.0380. The first-order valence-electron chi connectivity index (χ1n) is 15.3. The topological polar surface area (TPSA) is 77.8 Å². The number of likely N-dealkylation sites (tertiary alicyclic amines) is 1. The summed E-state index contributed by atoms with van der Waals surface area (Å²) in [5, 5.41) is 20.4. The van der Waals surface area contributed by atoms with E-state index in [2.05, 4.69) is 46.8 Å². The first-order valence-corrected chi connectivity index (χ1v) is 15.3. The molecule has 6 atom stereocenters. The summed E-state index contributed by atoms with van der Waals surface area (Å²) >= 11 is 0. The van der Waals surface area contributed by atoms with Crippen molar-refractivity contribution in [3.05, 3.63) is 46.3 Å². The first kappa shape index (κ1) is 27.1. The molecule has 6 rings (SSSR count). The Bertz CT molecular complexity index is 1260. The molecule has 1 saturated heterocycles. The van der Waals surface area contributed by atoms with Crippen molar-refractivity contribution < 1.29 is 19.8 Å². The zero-order valence-electron chi connectivity index (χ0n) is 24.8. The van der Waals surface area contributed by atoms with Gasteiger partial charge in [0.1, 0.15) is 0 Å². The fourth-order valence-electron chi connectivity index (χ4n) is 10.1. The Kier molecular flexibility index (Phi) is 5.85. The van der Waals surface area contributed by atoms with Gasteiger partial charge in [-0.25, -0.2) is 0 Å². The Labute approximate surface area is 234 Å². The Morgan fingerprint density at radius 2 is 1.62 bits per heavy atom. The highest BCUT2D eigenvalue weighted by atomic mass is 16.3. The average Bonchev–Trinajstić information content (AvgIpc) is 2.90. The number of fused-ring (bicyclic) bond motifs is 7. The van der Waals surface area contributed by atoms with Crippen LogP contribution in [0.5, 0.6) is 0 Å². The second-order valence-electron chi connectivity index (χ2n) is 15.1. The second-order valence-corrected chi connectivity index (χ2v) is 15.1. The molecular weight excluding hydrogens is 486 g/mol. The van der Waals surface area contributed by atoms with Crippen molar-refractivity contribution in [2.45, 2.75) is 105 Å². The van der Waals surface area contributed by atoms with Gasteiger partial charge < -0.3 is 15.1 Å². The van der Waals surface area contributed by atoms with Gasteiger partial charge >= 0.3 is 0 Å². The number of piperidine rings is 1. The largest absolute Gasteiger partial charge is 0.504 e. The molecule has 1 amide bonds. The quantitative estimate of drug-likeness (QED) is 0.398. The molecule has 0 radical (unpaired) electrons. The summed E-state index contributed by atoms with van der Waals surface area (Å²) in [6.07, 6.45) is 14.5. The summed E-state index contributed by atoms with van der Waals surface area (Å²) in [5.74, 6) is 0.333. The molecule has 0 bridgehead atoms. The lowest BCUT2D eigenvalue weighted by Gasteiger charge is -2.70. The summed E-state index contributed by atoms with van der Waals surface area (Å²) in [6.45, 7) is 15.2. The Morgan fingerprint density at radius 1 is 0.949 bits per heavy atom. The van der Waals surface area contributed by atoms with Crippen LogP contribution >= 0.6 is 0 Å². The van der Waals surface area contributed by atoms with Crippen LogP contribution in [0.15, 0.2) is 46.3 Å². The number of nitrogens with zero attached hydrogens (tertiary/aromatic N) is 1. The number of amides is 1. The van der Waals surface area contributed by atoms with Crippen LogP contribution in [0, 0.1) is 33.0 Å². The van der Waals surface area contributed by atoms with Crippen LogP contribution < -0.4 is 0 Å². The minimum atomic E-state index is -0.361. The van der Waals surface area contributed by atoms with E-state index in [1.807, 2.05) is 11.8 Å². The van der Waals surface area contributed by atoms with Gasteiger partial charge in [-0.3, -0.25) is 9.59 Å². The maximum Gasteiger partial charge on any atom is 0.228 e. The summed E-state index contributed by atoms with van der Waals surface area (Å²) in [4.78, 5) is 28.8. The molecule has 0 aromatic rings. The maximum atomic E-state index is 14.0. The lowest BCUT2D eigenvalue weighted by molar-refractivity contribution is -0.175. The lowest BCUT2D eigenvalue weighted by atomic mass is 9.34. The molecule has 0 aromatic carbocycles. The molecular formula is C34H47NO4. The second kappa shape index (κ2) is 8.44. The molecule has 4 fully saturated rings. The van der Waals surface area contributed by atoms with Crippen molar-refractivity contribution in [2.24, 2.45) is 33.0 Å². The van der Waals surface area contributed by atoms with Gasteiger partial charge in [0.15, 0.2) is 5.76 Å². The van der Waals surface area contributed by atoms with Crippen LogP contribution in [-0.2, 0) is 9.59 Å². The first-order chi connectivity index (χ1) is 18.2. The van der Waals surface area contributed by atoms with E-state index in [-0.39, 0.29) is 44.7 Å². The van der Waals surface area contributed by atoms with E-state index >= 15 is 0 Å². The standard InChI is InChI=1S/C34H47NO4/c1-21-23-7-8-26-32(4,24(23)19-25(37)28(21)38)14-16-34(6)27-20-31(3,29(39)35-17-9-22(36)10-18-35)12-11-30(27,2)13-15-33(26,34)5/h7-8,19,22,27,36,38H,9-18,20H2,1-6H3/t27-,30-,31-,32+,33-,34+/m1/s1. The third kappa shape index (κ3) is 3.53. The predicted octanol–water partition coefficient (Wildman–Crippen LogP) is 6.60. The molecule has 212 valence electrons. The third-order valence-corrected chi connectivity index (χ3v) is 13.1. The molecule has 1 aliphatic heterocycles. The predicted molar refractivity (Wildman–Crippen MR) is 153 cm³/mol. The fraction of sp³-hybridized carbons (Fsp3) is 0.706. The summed E-state index contributed by atoms with van der Waals surface area (Å²) in [5.41, 5.74) is 3.85. The van der Waals surface area contributed by atoms with E-state index in [1.54, 1.807) is 6.08 Å². The van der Waals surface area contributed by atoms with Gasteiger partial charge in [-0.15, -0.1) is 0 Å². The van der Waals surface area contributed by atoms with Crippen molar-refractivity contribution in [3.8, 4) is 0 Å². The van der Waals surface area contributed by atoms with Crippen molar-refractivity contribution in [3.63, 3.8) is 0 Å². The molecule has 5 nitrogen and oxygen atoms in total. The van der Waals surface area contributed by atoms with Crippen molar-refractivity contribution in [2.75, 3.05) is 13.1 Å². The zero-order chi connectivity index (χ0) is 28.2. The van der Waals surface area contributed by atoms with Crippen molar-refractivity contribution in [1.82, 2.24) is 4.90 Å². The van der Waals surface area contributed by atoms with Gasteiger partial charge in [-0.05, 0) is 104 Å². The number of rotatable bonds is 1. The molecule has 2 N–H and O–H groups in total. The number of carbonyl (C=O) groups excluding carboxylic acids is 2. The molecule has 6 aliphatic rings. The van der Waals surface area contributed by atoms with E-state index in [1.165, 1.54) is 5.57 Å². The molecule has 5 heteroatoms. The summed E-state index contributed by atoms with van der Waals surface area (Å²) in [7, 11) is 0. The van der Waals surface area contributed by atoms with E-state index in [4.69, 9.17) is 0 Å². The normalized spacial score (nSPS) is 44.4. The molecule has 0 unspecified atom stereocenters. The number of hydrogen-bond acceptors (Lipinski definition) is 4. The SMILES string of the molecule is CC1=C(O)C(=O)C=C2C1=CC=C1[C@@]2(C)CC[C@@]2(C)[C@@H]3C[C@](C)(C(=O)N4CCC(O)CC4)CC[C@]3(C)CC[C@]12C. The molecule has 0 aromatic heterocycles. The molecule has 3 saturated carbocycles. The van der Waals surface area contributed by atoms with Crippen molar-refractivity contribution in [1.29, 1.82) is 0 Å². The number of ketones is 1. The van der Waals surface area contributed by atoms with Gasteiger partial charge in [0, 0.05) is 29.5 Å². The van der Waals surface area contributed by atoms with Gasteiger partial charge in [0.05, 0.1) is 6.10 Å². The van der Waals surface area contributed by atoms with E-state index in [9.17, 15) is 19.8 Å². The number of hydrogen-bond donors (Lipinski definition) is 2. The highest BCUT2D eigenvalue weighted by Gasteiger charge is 2.67. The van der Waals surface area contributed by atoms with Gasteiger partial charge in [0.25, 0.3) is 0 Å². The summed E-state index contributed by atoms with van der Waals surface area (Å²) < 4.78 is 0. The lowest BCUT2D eigenvalue weighted by Crippen LogP contribution is -2.63. The smallest absolute Gasteiger partial charge is 0.228 e. The summed E-state index contributed by atoms with van der Waals surface area (Å²) in [6, 6.07) is 0. The van der Waals surface area contributed by atoms with E-state index in [0.717, 1.165) is 56.1 Å². The van der Waals surface area contributed by atoms with E-state index in [0.29, 0.717) is 43.3 Å². The Balaban J connectivity index is 1.38. The van der Waals surface area contributed by atoms with Crippen LogP contribution in [0.2, 0.25) is 0 Å². The Hall–Kier alpha value is -2.14. The van der Waals surface area contributed by atoms with Crippen LogP contribution in [0.25, 0.3) is 0 Å². The third-order valence-electron chi connectivity index (χ3n) is 13.1. The van der Waals surface area contributed by atoms with Gasteiger partial charge in [-0.2, -0.15) is 0 Å². The van der Waals surface area contributed by atoms with E-state index < -0.39 is 0 Å². The fourth-order valence-corrected chi connectivity index (χ4v) is 10.1. The van der Waals surface area contributed by atoms with Crippen LogP contribution in [0.1, 0.15) is 99.3 Å². The minimum Gasteiger partial charge on any atom is -0.504 e. The molecule has 1 heterocycles. The number of aliphatic hydroxyl groups is 2. The van der Waals surface area contributed by atoms with Crippen LogP contribution in [0.3, 0.4) is 0 Å². The molecule has 39 heavy (non-hydrogen) atoms.